The third-order valence-electron chi connectivity index (χ3n) is 8.15. The molecule has 1 aliphatic carbocycles. The summed E-state index contributed by atoms with van der Waals surface area (Å²) >= 11 is 5.83. The second-order valence-corrected chi connectivity index (χ2v) is 13.2. The number of hydrogen-bond donors (Lipinski definition) is 2. The van der Waals surface area contributed by atoms with Gasteiger partial charge in [0, 0.05) is 30.4 Å². The average molecular weight is 587 g/mol. The molecule has 2 aliphatic heterocycles. The number of halogens is 1. The fourth-order valence-corrected chi connectivity index (χ4v) is 7.02. The summed E-state index contributed by atoms with van der Waals surface area (Å²) in [7, 11) is -3.54. The Kier molecular flexibility index (Phi) is 7.73. The third-order valence-corrected chi connectivity index (χ3v) is 8.95. The Morgan fingerprint density at radius 3 is 2.75 bits per heavy atom. The molecule has 2 fully saturated rings. The van der Waals surface area contributed by atoms with Gasteiger partial charge in [-0.05, 0) is 80.3 Å². The zero-order chi connectivity index (χ0) is 27.9. The van der Waals surface area contributed by atoms with Gasteiger partial charge >= 0.3 is 0 Å². The second-order valence-electron chi connectivity index (χ2n) is 11.1. The van der Waals surface area contributed by atoms with Crippen LogP contribution in [0.2, 0.25) is 0 Å². The summed E-state index contributed by atoms with van der Waals surface area (Å²) in [5.74, 6) is 1.45. The molecule has 3 aliphatic rings. The van der Waals surface area contributed by atoms with Gasteiger partial charge in [-0.2, -0.15) is 9.61 Å². The van der Waals surface area contributed by atoms with Gasteiger partial charge in [0.2, 0.25) is 10.0 Å². The molecule has 0 saturated carbocycles. The van der Waals surface area contributed by atoms with E-state index in [0.717, 1.165) is 86.4 Å². The predicted molar refractivity (Wildman–Crippen MR) is 155 cm³/mol. The molecule has 6 rings (SSSR count). The molecule has 3 aromatic rings. The van der Waals surface area contributed by atoms with Gasteiger partial charge in [0.1, 0.15) is 5.82 Å². The van der Waals surface area contributed by atoms with E-state index < -0.39 is 15.3 Å². The quantitative estimate of drug-likeness (QED) is 0.404. The summed E-state index contributed by atoms with van der Waals surface area (Å²) in [6.45, 7) is 4.00. The molecule has 0 bridgehead atoms. The molecule has 214 valence electrons. The van der Waals surface area contributed by atoms with Gasteiger partial charge in [-0.25, -0.2) is 13.4 Å². The molecule has 2 aromatic heterocycles. The normalized spacial score (nSPS) is 21.8. The summed E-state index contributed by atoms with van der Waals surface area (Å²) in [5.41, 5.74) is 5.64. The van der Waals surface area contributed by atoms with E-state index in [1.165, 1.54) is 18.4 Å². The van der Waals surface area contributed by atoms with Crippen LogP contribution in [0.15, 0.2) is 24.3 Å². The van der Waals surface area contributed by atoms with Crippen molar-refractivity contribution in [2.45, 2.75) is 51.0 Å². The number of piperidine rings is 1. The van der Waals surface area contributed by atoms with E-state index in [1.54, 1.807) is 12.1 Å². The first kappa shape index (κ1) is 27.4. The van der Waals surface area contributed by atoms with Crippen LogP contribution in [0.5, 0.6) is 0 Å². The highest BCUT2D eigenvalue weighted by atomic mass is 35.5. The highest BCUT2D eigenvalue weighted by Gasteiger charge is 2.30. The van der Waals surface area contributed by atoms with E-state index in [1.807, 2.05) is 10.6 Å². The number of carbonyl (C=O) groups excluding carboxylic acids is 1. The summed E-state index contributed by atoms with van der Waals surface area (Å²) < 4.78 is 33.6. The number of hydrogen-bond acceptors (Lipinski definition) is 8. The van der Waals surface area contributed by atoms with Crippen molar-refractivity contribution in [2.24, 2.45) is 5.92 Å². The molecule has 2 unspecified atom stereocenters. The van der Waals surface area contributed by atoms with E-state index in [9.17, 15) is 13.2 Å². The monoisotopic (exact) mass is 586 g/mol. The van der Waals surface area contributed by atoms with Crippen LogP contribution in [0.4, 0.5) is 11.5 Å². The minimum Gasteiger partial charge on any atom is -0.378 e. The van der Waals surface area contributed by atoms with Crippen molar-refractivity contribution in [1.82, 2.24) is 19.9 Å². The van der Waals surface area contributed by atoms with Crippen molar-refractivity contribution in [3.8, 4) is 0 Å². The standard InChI is InChI=1S/C28H35ClN6O4S/c1-40(37,38)33-23-8-6-18(15-20(23)27(29)36)14-19-5-7-22-21(16-19)28(34-10-12-39-13-11-34)35-26(31-22)17-25(32-35)24-4-2-3-9-30-24/h6,8,15,17,19,24,30,33H,2-5,7,9-14,16H2,1H3. The van der Waals surface area contributed by atoms with E-state index >= 15 is 0 Å². The Bertz CT molecular complexity index is 1530. The van der Waals surface area contributed by atoms with Gasteiger partial charge in [-0.15, -0.1) is 0 Å². The summed E-state index contributed by atoms with van der Waals surface area (Å²) in [6.07, 6.45) is 7.96. The number of aromatic nitrogens is 3. The minimum atomic E-state index is -3.54. The lowest BCUT2D eigenvalue weighted by Crippen LogP contribution is -2.39. The van der Waals surface area contributed by atoms with Crippen molar-refractivity contribution in [3.05, 3.63) is 52.3 Å². The van der Waals surface area contributed by atoms with Gasteiger partial charge in [-0.3, -0.25) is 9.52 Å². The number of sulfonamides is 1. The van der Waals surface area contributed by atoms with Crippen molar-refractivity contribution >= 4 is 44.0 Å². The summed E-state index contributed by atoms with van der Waals surface area (Å²) in [6, 6.07) is 7.61. The fraction of sp³-hybridized carbons (Fsp3) is 0.536. The molecule has 2 saturated heterocycles. The molecule has 1 aromatic carbocycles. The number of benzene rings is 1. The smallest absolute Gasteiger partial charge is 0.254 e. The van der Waals surface area contributed by atoms with Gasteiger partial charge in [0.15, 0.2) is 5.65 Å². The van der Waals surface area contributed by atoms with E-state index in [4.69, 9.17) is 26.4 Å². The molecule has 4 heterocycles. The molecule has 0 spiro atoms. The van der Waals surface area contributed by atoms with Crippen molar-refractivity contribution in [3.63, 3.8) is 0 Å². The minimum absolute atomic E-state index is 0.165. The first-order valence-corrected chi connectivity index (χ1v) is 16.3. The van der Waals surface area contributed by atoms with Gasteiger partial charge in [0.05, 0.1) is 42.5 Å². The van der Waals surface area contributed by atoms with Crippen LogP contribution in [0.3, 0.4) is 0 Å². The van der Waals surface area contributed by atoms with Crippen LogP contribution in [-0.2, 0) is 34.0 Å². The fourth-order valence-electron chi connectivity index (χ4n) is 6.29. The maximum atomic E-state index is 12.1. The number of rotatable bonds is 7. The maximum Gasteiger partial charge on any atom is 0.254 e. The highest BCUT2D eigenvalue weighted by molar-refractivity contribution is 7.92. The molecule has 12 heteroatoms. The van der Waals surface area contributed by atoms with Crippen LogP contribution >= 0.6 is 11.6 Å². The number of anilines is 2. The Balaban J connectivity index is 1.32. The van der Waals surface area contributed by atoms with Crippen LogP contribution in [0.25, 0.3) is 5.65 Å². The average Bonchev–Trinajstić information content (AvgIpc) is 3.36. The van der Waals surface area contributed by atoms with E-state index in [0.29, 0.717) is 19.1 Å². The molecular formula is C28H35ClN6O4S. The zero-order valence-corrected chi connectivity index (χ0v) is 24.2. The number of ether oxygens (including phenoxy) is 1. The number of carbonyl (C=O) groups is 1. The van der Waals surface area contributed by atoms with Crippen LogP contribution < -0.4 is 14.9 Å². The number of fused-ring (bicyclic) bond motifs is 2. The van der Waals surface area contributed by atoms with Crippen molar-refractivity contribution in [2.75, 3.05) is 48.7 Å². The molecule has 0 radical (unpaired) electrons. The van der Waals surface area contributed by atoms with E-state index in [2.05, 4.69) is 21.0 Å². The summed E-state index contributed by atoms with van der Waals surface area (Å²) in [4.78, 5) is 19.6. The van der Waals surface area contributed by atoms with Gasteiger partial charge < -0.3 is 15.0 Å². The maximum absolute atomic E-state index is 12.1. The lowest BCUT2D eigenvalue weighted by Gasteiger charge is -2.34. The van der Waals surface area contributed by atoms with Gasteiger partial charge in [0.25, 0.3) is 5.24 Å². The third kappa shape index (κ3) is 5.83. The molecule has 10 nitrogen and oxygen atoms in total. The largest absolute Gasteiger partial charge is 0.378 e. The Labute approximate surface area is 239 Å². The molecule has 2 N–H and O–H groups in total. The Morgan fingerprint density at radius 2 is 2.02 bits per heavy atom. The lowest BCUT2D eigenvalue weighted by atomic mass is 9.82. The van der Waals surface area contributed by atoms with Crippen LogP contribution in [-0.4, -0.2) is 67.4 Å². The molecular weight excluding hydrogens is 552 g/mol. The zero-order valence-electron chi connectivity index (χ0n) is 22.7. The SMILES string of the molecule is CS(=O)(=O)Nc1ccc(CC2CCc3nc4cc(C5CCCCN5)nn4c(N4CCOCC4)c3C2)cc1C(=O)Cl. The topological polar surface area (TPSA) is 118 Å². The number of nitrogens with zero attached hydrogens (tertiary/aromatic N) is 4. The summed E-state index contributed by atoms with van der Waals surface area (Å²) in [5, 5.41) is 8.03. The first-order chi connectivity index (χ1) is 19.2. The molecule has 40 heavy (non-hydrogen) atoms. The van der Waals surface area contributed by atoms with Crippen molar-refractivity contribution < 1.29 is 17.9 Å². The predicted octanol–water partition coefficient (Wildman–Crippen LogP) is 3.48. The number of morpholine rings is 1. The van der Waals surface area contributed by atoms with Crippen LogP contribution in [0.1, 0.15) is 64.6 Å². The Hall–Kier alpha value is -2.73. The van der Waals surface area contributed by atoms with Crippen molar-refractivity contribution in [1.29, 1.82) is 0 Å². The number of aryl methyl sites for hydroxylation is 1. The second kappa shape index (κ2) is 11.3. The van der Waals surface area contributed by atoms with Gasteiger partial charge in [-0.1, -0.05) is 12.5 Å². The highest BCUT2D eigenvalue weighted by Crippen LogP contribution is 2.36. The first-order valence-electron chi connectivity index (χ1n) is 14.0. The molecule has 2 atom stereocenters. The Morgan fingerprint density at radius 1 is 1.20 bits per heavy atom. The van der Waals surface area contributed by atoms with E-state index in [-0.39, 0.29) is 17.3 Å². The lowest BCUT2D eigenvalue weighted by molar-refractivity contribution is 0.108. The van der Waals surface area contributed by atoms with Crippen LogP contribution in [0, 0.1) is 5.92 Å². The molecule has 0 amide bonds. The number of nitrogens with one attached hydrogen (secondary N) is 2.